The van der Waals surface area contributed by atoms with Crippen LogP contribution in [0.1, 0.15) is 51.0 Å². The van der Waals surface area contributed by atoms with Crippen LogP contribution in [0.15, 0.2) is 30.3 Å². The lowest BCUT2D eigenvalue weighted by Gasteiger charge is -2.20. The molecular formula is C15H21NO3. The van der Waals surface area contributed by atoms with E-state index in [0.717, 1.165) is 18.4 Å². The topological polar surface area (TPSA) is 60.2 Å². The third kappa shape index (κ3) is 4.81. The third-order valence-electron chi connectivity index (χ3n) is 3.32. The van der Waals surface area contributed by atoms with Gasteiger partial charge in [0.25, 0.3) is 0 Å². The number of carbonyl (C=O) groups excluding carboxylic acids is 1. The van der Waals surface area contributed by atoms with Crippen LogP contribution in [0.25, 0.3) is 0 Å². The molecule has 0 aromatic heterocycles. The summed E-state index contributed by atoms with van der Waals surface area (Å²) in [5.74, 6) is -0.322. The predicted molar refractivity (Wildman–Crippen MR) is 74.8 cm³/mol. The average molecular weight is 263 g/mol. The molecule has 19 heavy (non-hydrogen) atoms. The maximum atomic E-state index is 11.4. The van der Waals surface area contributed by atoms with Gasteiger partial charge in [-0.15, -0.1) is 0 Å². The van der Waals surface area contributed by atoms with Gasteiger partial charge >= 0.3 is 0 Å². The van der Waals surface area contributed by atoms with Crippen molar-refractivity contribution in [2.45, 2.75) is 51.5 Å². The molecule has 0 heterocycles. The van der Waals surface area contributed by atoms with E-state index in [4.69, 9.17) is 0 Å². The molecule has 0 saturated carbocycles. The highest BCUT2D eigenvalue weighted by Crippen LogP contribution is 2.28. The summed E-state index contributed by atoms with van der Waals surface area (Å²) < 4.78 is 0. The van der Waals surface area contributed by atoms with E-state index in [0.29, 0.717) is 6.42 Å². The molecule has 4 heteroatoms. The average Bonchev–Trinajstić information content (AvgIpc) is 2.38. The minimum absolute atomic E-state index is 0.00259. The van der Waals surface area contributed by atoms with E-state index in [9.17, 15) is 14.9 Å². The van der Waals surface area contributed by atoms with Gasteiger partial charge in [-0.25, -0.2) is 0 Å². The molecule has 0 unspecified atom stereocenters. The Labute approximate surface area is 114 Å². The van der Waals surface area contributed by atoms with Gasteiger partial charge in [-0.05, 0) is 18.9 Å². The van der Waals surface area contributed by atoms with Crippen molar-refractivity contribution in [3.8, 4) is 0 Å². The Kier molecular flexibility index (Phi) is 6.19. The molecule has 0 bridgehead atoms. The highest BCUT2D eigenvalue weighted by molar-refractivity contribution is 5.76. The van der Waals surface area contributed by atoms with Crippen LogP contribution in [0.4, 0.5) is 0 Å². The summed E-state index contributed by atoms with van der Waals surface area (Å²) >= 11 is 0. The molecule has 104 valence electrons. The van der Waals surface area contributed by atoms with E-state index < -0.39 is 6.04 Å². The van der Waals surface area contributed by atoms with Gasteiger partial charge in [0.1, 0.15) is 5.78 Å². The van der Waals surface area contributed by atoms with Crippen LogP contribution in [0, 0.1) is 10.1 Å². The summed E-state index contributed by atoms with van der Waals surface area (Å²) in [6, 6.07) is 8.66. The Hall–Kier alpha value is -1.71. The minimum Gasteiger partial charge on any atom is -0.300 e. The van der Waals surface area contributed by atoms with Crippen LogP contribution in [0.3, 0.4) is 0 Å². The van der Waals surface area contributed by atoms with Crippen LogP contribution in [0.2, 0.25) is 0 Å². The Morgan fingerprint density at radius 3 is 2.42 bits per heavy atom. The number of nitro groups is 1. The first-order valence-electron chi connectivity index (χ1n) is 6.74. The number of hydrogen-bond acceptors (Lipinski definition) is 3. The van der Waals surface area contributed by atoms with E-state index in [1.165, 1.54) is 6.92 Å². The molecule has 1 aromatic rings. The summed E-state index contributed by atoms with van der Waals surface area (Å²) in [7, 11) is 0. The van der Waals surface area contributed by atoms with E-state index in [-0.39, 0.29) is 23.0 Å². The SMILES string of the molecule is CCCC[C@H]([C@H](CC(C)=O)c1ccccc1)[N+](=O)[O-]. The number of nitrogens with zero attached hydrogens (tertiary/aromatic N) is 1. The fourth-order valence-corrected chi connectivity index (χ4v) is 2.35. The molecule has 0 saturated heterocycles. The van der Waals surface area contributed by atoms with Crippen LogP contribution in [0.5, 0.6) is 0 Å². The summed E-state index contributed by atoms with van der Waals surface area (Å²) in [5, 5.41) is 11.3. The number of ketones is 1. The van der Waals surface area contributed by atoms with Crippen molar-refractivity contribution in [3.63, 3.8) is 0 Å². The van der Waals surface area contributed by atoms with Crippen LogP contribution < -0.4 is 0 Å². The van der Waals surface area contributed by atoms with Crippen LogP contribution >= 0.6 is 0 Å². The molecule has 4 nitrogen and oxygen atoms in total. The van der Waals surface area contributed by atoms with E-state index in [1.54, 1.807) is 0 Å². The number of carbonyl (C=O) groups is 1. The van der Waals surface area contributed by atoms with Gasteiger partial charge in [0.15, 0.2) is 0 Å². The van der Waals surface area contributed by atoms with Crippen molar-refractivity contribution >= 4 is 5.78 Å². The van der Waals surface area contributed by atoms with Crippen LogP contribution in [-0.4, -0.2) is 16.7 Å². The highest BCUT2D eigenvalue weighted by Gasteiger charge is 2.32. The molecule has 0 radical (unpaired) electrons. The zero-order valence-electron chi connectivity index (χ0n) is 11.5. The van der Waals surface area contributed by atoms with Crippen molar-refractivity contribution in [2.75, 3.05) is 0 Å². The second kappa shape index (κ2) is 7.67. The Morgan fingerprint density at radius 1 is 1.32 bits per heavy atom. The second-order valence-corrected chi connectivity index (χ2v) is 4.92. The van der Waals surface area contributed by atoms with Gasteiger partial charge in [-0.3, -0.25) is 10.1 Å². The first kappa shape index (κ1) is 15.3. The molecule has 0 aliphatic carbocycles. The standard InChI is InChI=1S/C15H21NO3/c1-3-4-10-15(16(18)19)14(11-12(2)17)13-8-6-5-7-9-13/h5-9,14-15H,3-4,10-11H2,1-2H3/t14-,15-/m1/s1. The first-order chi connectivity index (χ1) is 9.06. The van der Waals surface area contributed by atoms with Crippen molar-refractivity contribution in [3.05, 3.63) is 46.0 Å². The summed E-state index contributed by atoms with van der Waals surface area (Å²) in [6.45, 7) is 3.51. The molecule has 0 N–H and O–H groups in total. The lowest BCUT2D eigenvalue weighted by Crippen LogP contribution is -2.29. The molecule has 0 spiro atoms. The van der Waals surface area contributed by atoms with Gasteiger partial charge in [0, 0.05) is 17.8 Å². The summed E-state index contributed by atoms with van der Waals surface area (Å²) in [5.41, 5.74) is 0.885. The van der Waals surface area contributed by atoms with Gasteiger partial charge < -0.3 is 4.79 Å². The molecular weight excluding hydrogens is 242 g/mol. The Bertz CT molecular complexity index is 417. The molecule has 2 atom stereocenters. The number of Topliss-reactive ketones (excluding diaryl/α,β-unsaturated/α-hetero) is 1. The zero-order chi connectivity index (χ0) is 14.3. The largest absolute Gasteiger partial charge is 0.300 e. The minimum atomic E-state index is -0.675. The fourth-order valence-electron chi connectivity index (χ4n) is 2.35. The maximum Gasteiger partial charge on any atom is 0.220 e. The summed E-state index contributed by atoms with van der Waals surface area (Å²) in [6.07, 6.45) is 2.49. The Balaban J connectivity index is 2.99. The quantitative estimate of drug-likeness (QED) is 0.532. The molecule has 1 rings (SSSR count). The fraction of sp³-hybridized carbons (Fsp3) is 0.533. The van der Waals surface area contributed by atoms with Gasteiger partial charge in [-0.2, -0.15) is 0 Å². The monoisotopic (exact) mass is 263 g/mol. The second-order valence-electron chi connectivity index (χ2n) is 4.92. The normalized spacial score (nSPS) is 13.8. The lowest BCUT2D eigenvalue weighted by atomic mass is 9.85. The molecule has 1 aromatic carbocycles. The van der Waals surface area contributed by atoms with E-state index in [2.05, 4.69) is 0 Å². The molecule has 0 aliphatic heterocycles. The molecule has 0 fully saturated rings. The van der Waals surface area contributed by atoms with Crippen molar-refractivity contribution in [2.24, 2.45) is 0 Å². The van der Waals surface area contributed by atoms with E-state index >= 15 is 0 Å². The van der Waals surface area contributed by atoms with Gasteiger partial charge in [-0.1, -0.05) is 43.7 Å². The first-order valence-corrected chi connectivity index (χ1v) is 6.74. The molecule has 0 amide bonds. The Morgan fingerprint density at radius 2 is 1.95 bits per heavy atom. The number of hydrogen-bond donors (Lipinski definition) is 0. The van der Waals surface area contributed by atoms with Crippen molar-refractivity contribution in [1.82, 2.24) is 0 Å². The molecule has 0 aliphatic rings. The van der Waals surface area contributed by atoms with Gasteiger partial charge in [0.2, 0.25) is 6.04 Å². The highest BCUT2D eigenvalue weighted by atomic mass is 16.6. The number of benzene rings is 1. The summed E-state index contributed by atoms with van der Waals surface area (Å²) in [4.78, 5) is 22.5. The van der Waals surface area contributed by atoms with Crippen molar-refractivity contribution in [1.29, 1.82) is 0 Å². The number of rotatable bonds is 8. The zero-order valence-corrected chi connectivity index (χ0v) is 11.5. The third-order valence-corrected chi connectivity index (χ3v) is 3.32. The van der Waals surface area contributed by atoms with Crippen LogP contribution in [-0.2, 0) is 4.79 Å². The lowest BCUT2D eigenvalue weighted by molar-refractivity contribution is -0.527. The number of unbranched alkanes of at least 4 members (excludes halogenated alkanes) is 1. The predicted octanol–water partition coefficient (Wildman–Crippen LogP) is 3.58. The maximum absolute atomic E-state index is 11.4. The van der Waals surface area contributed by atoms with E-state index in [1.807, 2.05) is 37.3 Å². The van der Waals surface area contributed by atoms with Gasteiger partial charge in [0.05, 0.1) is 5.92 Å². The smallest absolute Gasteiger partial charge is 0.220 e. The van der Waals surface area contributed by atoms with Crippen molar-refractivity contribution < 1.29 is 9.72 Å².